The second kappa shape index (κ2) is 6.61. The number of hydrogen-bond donors (Lipinski definition) is 1. The lowest BCUT2D eigenvalue weighted by Crippen LogP contribution is -2.31. The molecule has 0 fully saturated rings. The Hall–Kier alpha value is -3.60. The van der Waals surface area contributed by atoms with E-state index >= 15 is 0 Å². The van der Waals surface area contributed by atoms with Gasteiger partial charge < -0.3 is 9.52 Å². The van der Waals surface area contributed by atoms with Gasteiger partial charge in [-0.15, -0.1) is 0 Å². The number of nitrogens with zero attached hydrogens (tertiary/aromatic N) is 1. The fourth-order valence-electron chi connectivity index (χ4n) is 3.42. The van der Waals surface area contributed by atoms with Crippen LogP contribution in [0.1, 0.15) is 27.7 Å². The highest BCUT2D eigenvalue weighted by molar-refractivity contribution is 6.20. The predicted octanol–water partition coefficient (Wildman–Crippen LogP) is 4.37. The Bertz CT molecular complexity index is 1040. The van der Waals surface area contributed by atoms with Crippen molar-refractivity contribution >= 4 is 17.4 Å². The van der Waals surface area contributed by atoms with Crippen LogP contribution >= 0.6 is 0 Å². The number of carbonyl (C=O) groups is 2. The van der Waals surface area contributed by atoms with Gasteiger partial charge in [0.2, 0.25) is 5.78 Å². The van der Waals surface area contributed by atoms with E-state index in [9.17, 15) is 14.7 Å². The van der Waals surface area contributed by atoms with E-state index in [0.29, 0.717) is 5.69 Å². The quantitative estimate of drug-likeness (QED) is 0.702. The molecule has 1 atom stereocenters. The van der Waals surface area contributed by atoms with E-state index in [1.807, 2.05) is 37.3 Å². The van der Waals surface area contributed by atoms with Gasteiger partial charge in [0, 0.05) is 5.69 Å². The van der Waals surface area contributed by atoms with E-state index < -0.39 is 23.5 Å². The Labute approximate surface area is 156 Å². The van der Waals surface area contributed by atoms with Crippen molar-refractivity contribution in [1.29, 1.82) is 0 Å². The minimum atomic E-state index is -0.737. The highest BCUT2D eigenvalue weighted by atomic mass is 16.3. The molecule has 0 spiro atoms. The van der Waals surface area contributed by atoms with E-state index in [0.717, 1.165) is 11.1 Å². The van der Waals surface area contributed by atoms with Crippen LogP contribution in [-0.4, -0.2) is 16.8 Å². The number of ketones is 1. The monoisotopic (exact) mass is 359 g/mol. The number of anilines is 1. The first-order chi connectivity index (χ1) is 13.1. The third-order valence-corrected chi connectivity index (χ3v) is 4.72. The Morgan fingerprint density at radius 3 is 2.37 bits per heavy atom. The Morgan fingerprint density at radius 2 is 1.70 bits per heavy atom. The zero-order chi connectivity index (χ0) is 19.0. The molecule has 1 aliphatic heterocycles. The van der Waals surface area contributed by atoms with Crippen LogP contribution in [0.5, 0.6) is 0 Å². The number of para-hydroxylation sites is 1. The molecule has 5 nitrogen and oxygen atoms in total. The first-order valence-electron chi connectivity index (χ1n) is 8.55. The van der Waals surface area contributed by atoms with E-state index in [-0.39, 0.29) is 11.3 Å². The summed E-state index contributed by atoms with van der Waals surface area (Å²) in [6.07, 6.45) is 1.39. The normalized spacial score (nSPS) is 16.9. The first-order valence-corrected chi connectivity index (χ1v) is 8.55. The maximum absolute atomic E-state index is 13.0. The van der Waals surface area contributed by atoms with Crippen molar-refractivity contribution in [2.24, 2.45) is 0 Å². The zero-order valence-electron chi connectivity index (χ0n) is 14.6. The number of amides is 1. The topological polar surface area (TPSA) is 70.7 Å². The summed E-state index contributed by atoms with van der Waals surface area (Å²) in [5, 5.41) is 10.6. The van der Waals surface area contributed by atoms with Gasteiger partial charge in [-0.25, -0.2) is 0 Å². The number of benzene rings is 2. The highest BCUT2D eigenvalue weighted by Gasteiger charge is 2.45. The average molecular weight is 359 g/mol. The maximum atomic E-state index is 13.0. The summed E-state index contributed by atoms with van der Waals surface area (Å²) in [5.74, 6) is -1.58. The number of aliphatic hydroxyl groups is 1. The third kappa shape index (κ3) is 2.73. The molecule has 2 aromatic carbocycles. The molecule has 0 bridgehead atoms. The van der Waals surface area contributed by atoms with Crippen LogP contribution in [0.15, 0.2) is 88.7 Å². The molecule has 5 heteroatoms. The van der Waals surface area contributed by atoms with Gasteiger partial charge in [0.15, 0.2) is 11.5 Å². The van der Waals surface area contributed by atoms with Gasteiger partial charge in [-0.05, 0) is 42.3 Å². The molecule has 2 heterocycles. The second-order valence-corrected chi connectivity index (χ2v) is 6.34. The van der Waals surface area contributed by atoms with Crippen molar-refractivity contribution in [2.45, 2.75) is 13.0 Å². The average Bonchev–Trinajstić information content (AvgIpc) is 3.30. The number of carbonyl (C=O) groups excluding carboxylic acids is 2. The van der Waals surface area contributed by atoms with Crippen LogP contribution < -0.4 is 4.90 Å². The Kier molecular flexibility index (Phi) is 4.12. The lowest BCUT2D eigenvalue weighted by molar-refractivity contribution is -0.117. The van der Waals surface area contributed by atoms with Crippen LogP contribution in [0.25, 0.3) is 0 Å². The molecular weight excluding hydrogens is 342 g/mol. The molecule has 134 valence electrons. The first kappa shape index (κ1) is 16.8. The lowest BCUT2D eigenvalue weighted by atomic mass is 9.92. The molecule has 1 aromatic heterocycles. The fraction of sp³-hybridized carbons (Fsp3) is 0.0909. The summed E-state index contributed by atoms with van der Waals surface area (Å²) in [6.45, 7) is 1.91. The van der Waals surface area contributed by atoms with Crippen molar-refractivity contribution < 1.29 is 19.1 Å². The molecule has 0 saturated heterocycles. The number of Topliss-reactive ketones (excluding diaryl/α,β-unsaturated/α-hetero) is 1. The molecule has 1 N–H and O–H groups in total. The van der Waals surface area contributed by atoms with Crippen molar-refractivity contribution in [3.8, 4) is 0 Å². The summed E-state index contributed by atoms with van der Waals surface area (Å²) in [7, 11) is 0. The standard InChI is InChI=1S/C22H17NO4/c1-14-8-5-6-11-16(14)19-18(20(24)17-12-7-13-27-17)21(25)22(26)23(19)15-9-3-2-4-10-15/h2-13,19,25H,1H3. The SMILES string of the molecule is Cc1ccccc1C1C(C(=O)c2ccco2)=C(O)C(=O)N1c1ccccc1. The fourth-order valence-corrected chi connectivity index (χ4v) is 3.42. The molecule has 3 aromatic rings. The largest absolute Gasteiger partial charge is 0.503 e. The zero-order valence-corrected chi connectivity index (χ0v) is 14.6. The number of hydrogen-bond acceptors (Lipinski definition) is 4. The lowest BCUT2D eigenvalue weighted by Gasteiger charge is -2.27. The second-order valence-electron chi connectivity index (χ2n) is 6.34. The van der Waals surface area contributed by atoms with Gasteiger partial charge in [-0.1, -0.05) is 42.5 Å². The van der Waals surface area contributed by atoms with E-state index in [1.54, 1.807) is 30.3 Å². The van der Waals surface area contributed by atoms with Gasteiger partial charge in [0.1, 0.15) is 0 Å². The molecule has 27 heavy (non-hydrogen) atoms. The van der Waals surface area contributed by atoms with Crippen LogP contribution in [-0.2, 0) is 4.79 Å². The van der Waals surface area contributed by atoms with Gasteiger partial charge >= 0.3 is 0 Å². The Balaban J connectivity index is 1.92. The van der Waals surface area contributed by atoms with Crippen molar-refractivity contribution in [2.75, 3.05) is 4.90 Å². The third-order valence-electron chi connectivity index (χ3n) is 4.72. The van der Waals surface area contributed by atoms with Crippen molar-refractivity contribution in [3.05, 3.63) is 101 Å². The predicted molar refractivity (Wildman–Crippen MR) is 101 cm³/mol. The molecule has 0 saturated carbocycles. The summed E-state index contributed by atoms with van der Waals surface area (Å²) < 4.78 is 5.22. The number of rotatable bonds is 4. The molecule has 1 unspecified atom stereocenters. The van der Waals surface area contributed by atoms with Crippen molar-refractivity contribution in [1.82, 2.24) is 0 Å². The number of aryl methyl sites for hydroxylation is 1. The minimum Gasteiger partial charge on any atom is -0.503 e. The summed E-state index contributed by atoms with van der Waals surface area (Å²) in [4.78, 5) is 27.4. The van der Waals surface area contributed by atoms with E-state index in [2.05, 4.69) is 0 Å². The number of furan rings is 1. The summed E-state index contributed by atoms with van der Waals surface area (Å²) in [6, 6.07) is 18.9. The minimum absolute atomic E-state index is 0.0214. The van der Waals surface area contributed by atoms with Crippen LogP contribution in [0, 0.1) is 6.92 Å². The van der Waals surface area contributed by atoms with E-state index in [1.165, 1.54) is 17.2 Å². The van der Waals surface area contributed by atoms with Gasteiger partial charge in [-0.3, -0.25) is 14.5 Å². The Morgan fingerprint density at radius 1 is 1.00 bits per heavy atom. The molecule has 1 amide bonds. The molecular formula is C22H17NO4. The molecule has 4 rings (SSSR count). The maximum Gasteiger partial charge on any atom is 0.294 e. The van der Waals surface area contributed by atoms with Crippen LogP contribution in [0.3, 0.4) is 0 Å². The molecule has 0 aliphatic carbocycles. The summed E-state index contributed by atoms with van der Waals surface area (Å²) >= 11 is 0. The van der Waals surface area contributed by atoms with E-state index in [4.69, 9.17) is 4.42 Å². The highest BCUT2D eigenvalue weighted by Crippen LogP contribution is 2.42. The van der Waals surface area contributed by atoms with Crippen molar-refractivity contribution in [3.63, 3.8) is 0 Å². The van der Waals surface area contributed by atoms with Gasteiger partial charge in [0.25, 0.3) is 5.91 Å². The molecule has 1 aliphatic rings. The van der Waals surface area contributed by atoms with Gasteiger partial charge in [0.05, 0.1) is 17.9 Å². The number of aliphatic hydroxyl groups excluding tert-OH is 1. The van der Waals surface area contributed by atoms with Crippen LogP contribution in [0.4, 0.5) is 5.69 Å². The van der Waals surface area contributed by atoms with Crippen LogP contribution in [0.2, 0.25) is 0 Å². The molecule has 0 radical (unpaired) electrons. The summed E-state index contributed by atoms with van der Waals surface area (Å²) in [5.41, 5.74) is 2.31. The smallest absolute Gasteiger partial charge is 0.294 e. The van der Waals surface area contributed by atoms with Gasteiger partial charge in [-0.2, -0.15) is 0 Å².